The lowest BCUT2D eigenvalue weighted by atomic mass is 9.83. The summed E-state index contributed by atoms with van der Waals surface area (Å²) in [6.07, 6.45) is -4.98. The summed E-state index contributed by atoms with van der Waals surface area (Å²) in [6, 6.07) is 7.23. The van der Waals surface area contributed by atoms with Crippen LogP contribution in [0, 0.1) is 17.7 Å². The number of hydrogen-bond donors (Lipinski definition) is 1. The third kappa shape index (κ3) is 5.01. The molecule has 35 heavy (non-hydrogen) atoms. The summed E-state index contributed by atoms with van der Waals surface area (Å²) in [6.45, 7) is 3.49. The molecule has 6 nitrogen and oxygen atoms in total. The molecule has 3 unspecified atom stereocenters. The maximum Gasteiger partial charge on any atom is 0.416 e. The van der Waals surface area contributed by atoms with Gasteiger partial charge >= 0.3 is 18.1 Å². The number of carboxylic acid groups (broad SMARTS) is 1. The minimum Gasteiger partial charge on any atom is -0.479 e. The smallest absolute Gasteiger partial charge is 0.416 e. The van der Waals surface area contributed by atoms with Crippen molar-refractivity contribution in [3.63, 3.8) is 0 Å². The Morgan fingerprint density at radius 3 is 2.26 bits per heavy atom. The van der Waals surface area contributed by atoms with Crippen LogP contribution in [-0.2, 0) is 20.5 Å². The lowest BCUT2D eigenvalue weighted by molar-refractivity contribution is -0.150. The number of hydrogen-bond acceptors (Lipinski definition) is 4. The van der Waals surface area contributed by atoms with Crippen molar-refractivity contribution in [2.45, 2.75) is 44.4 Å². The van der Waals surface area contributed by atoms with E-state index in [4.69, 9.17) is 4.74 Å². The first kappa shape index (κ1) is 26.2. The molecule has 0 bridgehead atoms. The summed E-state index contributed by atoms with van der Waals surface area (Å²) in [5.41, 5.74) is -2.88. The second-order valence-electron chi connectivity index (χ2n) is 9.02. The Balaban J connectivity index is 2.24. The quantitative estimate of drug-likeness (QED) is 0.446. The van der Waals surface area contributed by atoms with Gasteiger partial charge in [0.15, 0.2) is 0 Å². The van der Waals surface area contributed by atoms with Crippen LogP contribution in [0.3, 0.4) is 0 Å². The highest BCUT2D eigenvalue weighted by Gasteiger charge is 2.61. The number of nitrogens with zero attached hydrogens (tertiary/aromatic N) is 1. The van der Waals surface area contributed by atoms with Gasteiger partial charge in [-0.3, -0.25) is 9.59 Å². The summed E-state index contributed by atoms with van der Waals surface area (Å²) in [5, 5.41) is 10.4. The molecule has 3 rings (SSSR count). The largest absolute Gasteiger partial charge is 0.479 e. The Morgan fingerprint density at radius 1 is 1.14 bits per heavy atom. The normalized spacial score (nSPS) is 22.3. The van der Waals surface area contributed by atoms with Gasteiger partial charge in [-0.25, -0.2) is 9.18 Å². The number of methoxy groups -OCH3 is 1. The van der Waals surface area contributed by atoms with Crippen molar-refractivity contribution in [3.05, 3.63) is 71.0 Å². The highest BCUT2D eigenvalue weighted by Crippen LogP contribution is 2.51. The lowest BCUT2D eigenvalue weighted by Gasteiger charge is -2.39. The van der Waals surface area contributed by atoms with Gasteiger partial charge in [0.25, 0.3) is 5.91 Å². The minimum atomic E-state index is -4.63. The van der Waals surface area contributed by atoms with E-state index in [-0.39, 0.29) is 29.9 Å². The van der Waals surface area contributed by atoms with Crippen LogP contribution in [0.1, 0.15) is 54.2 Å². The van der Waals surface area contributed by atoms with Gasteiger partial charge in [-0.15, -0.1) is 0 Å². The van der Waals surface area contributed by atoms with Gasteiger partial charge in [0.1, 0.15) is 11.4 Å². The Labute approximate surface area is 199 Å². The van der Waals surface area contributed by atoms with Crippen molar-refractivity contribution in [2.75, 3.05) is 7.11 Å². The average Bonchev–Trinajstić information content (AvgIpc) is 3.13. The van der Waals surface area contributed by atoms with Crippen LogP contribution in [0.2, 0.25) is 0 Å². The predicted octanol–water partition coefficient (Wildman–Crippen LogP) is 5.09. The number of esters is 1. The zero-order valence-electron chi connectivity index (χ0n) is 19.3. The molecule has 1 N–H and O–H groups in total. The monoisotopic (exact) mass is 495 g/mol. The van der Waals surface area contributed by atoms with E-state index < -0.39 is 52.9 Å². The van der Waals surface area contributed by atoms with E-state index in [0.29, 0.717) is 0 Å². The molecule has 1 saturated heterocycles. The fourth-order valence-electron chi connectivity index (χ4n) is 4.85. The van der Waals surface area contributed by atoms with Crippen LogP contribution in [0.15, 0.2) is 48.5 Å². The number of alkyl halides is 3. The number of carboxylic acids is 1. The standard InChI is InChI=1S/C25H25F4NO5/c1-14(2)12-24(23(33)34)13-19(22(32)35-3)20(16-5-4-6-18(26)11-16)30(24)21(31)15-7-9-17(10-8-15)25(27,28)29/h4-11,14,19-20H,12-13H2,1-3H3,(H,33,34). The van der Waals surface area contributed by atoms with E-state index in [1.165, 1.54) is 12.1 Å². The van der Waals surface area contributed by atoms with E-state index in [1.54, 1.807) is 13.8 Å². The molecule has 1 aliphatic heterocycles. The predicted molar refractivity (Wildman–Crippen MR) is 117 cm³/mol. The maximum absolute atomic E-state index is 14.2. The van der Waals surface area contributed by atoms with Crippen LogP contribution in [0.4, 0.5) is 17.6 Å². The fourth-order valence-corrected chi connectivity index (χ4v) is 4.85. The lowest BCUT2D eigenvalue weighted by Crippen LogP contribution is -2.54. The van der Waals surface area contributed by atoms with Crippen molar-refractivity contribution < 1.29 is 41.8 Å². The van der Waals surface area contributed by atoms with Gasteiger partial charge in [-0.05, 0) is 60.7 Å². The van der Waals surface area contributed by atoms with Crippen LogP contribution in [-0.4, -0.2) is 40.5 Å². The molecular weight excluding hydrogens is 470 g/mol. The Bertz CT molecular complexity index is 1120. The number of amides is 1. The first-order chi connectivity index (χ1) is 16.3. The van der Waals surface area contributed by atoms with Gasteiger partial charge in [-0.2, -0.15) is 13.2 Å². The van der Waals surface area contributed by atoms with E-state index in [2.05, 4.69) is 0 Å². The van der Waals surface area contributed by atoms with E-state index in [0.717, 1.165) is 48.4 Å². The SMILES string of the molecule is COC(=O)C1CC(CC(C)C)(C(=O)O)N(C(=O)c2ccc(C(F)(F)F)cc2)C1c1cccc(F)c1. The topological polar surface area (TPSA) is 83.9 Å². The first-order valence-corrected chi connectivity index (χ1v) is 10.9. The highest BCUT2D eigenvalue weighted by atomic mass is 19.4. The number of halogens is 4. The molecule has 1 heterocycles. The fraction of sp³-hybridized carbons (Fsp3) is 0.400. The molecule has 10 heteroatoms. The zero-order valence-corrected chi connectivity index (χ0v) is 19.3. The van der Waals surface area contributed by atoms with E-state index in [1.807, 2.05) is 0 Å². The molecule has 1 aliphatic rings. The van der Waals surface area contributed by atoms with E-state index >= 15 is 0 Å². The van der Waals surface area contributed by atoms with Crippen molar-refractivity contribution in [1.29, 1.82) is 0 Å². The molecule has 1 fully saturated rings. The van der Waals surface area contributed by atoms with E-state index in [9.17, 15) is 37.1 Å². The summed E-state index contributed by atoms with van der Waals surface area (Å²) in [7, 11) is 1.12. The molecule has 0 aromatic heterocycles. The van der Waals surface area contributed by atoms with Gasteiger partial charge in [0.05, 0.1) is 24.6 Å². The molecule has 3 atom stereocenters. The van der Waals surface area contributed by atoms with Crippen molar-refractivity contribution in [2.24, 2.45) is 11.8 Å². The van der Waals surface area contributed by atoms with Crippen LogP contribution >= 0.6 is 0 Å². The van der Waals surface area contributed by atoms with Crippen LogP contribution in [0.5, 0.6) is 0 Å². The summed E-state index contributed by atoms with van der Waals surface area (Å²) in [5.74, 6) is -5.09. The van der Waals surface area contributed by atoms with Gasteiger partial charge in [0.2, 0.25) is 0 Å². The maximum atomic E-state index is 14.2. The molecular formula is C25H25F4NO5. The third-order valence-electron chi connectivity index (χ3n) is 6.19. The van der Waals surface area contributed by atoms with Crippen molar-refractivity contribution in [1.82, 2.24) is 4.90 Å². The van der Waals surface area contributed by atoms with Crippen molar-refractivity contribution in [3.8, 4) is 0 Å². The Kier molecular flexibility index (Phi) is 7.23. The molecule has 0 saturated carbocycles. The summed E-state index contributed by atoms with van der Waals surface area (Å²) in [4.78, 5) is 40.3. The Hall–Kier alpha value is -3.43. The number of benzene rings is 2. The van der Waals surface area contributed by atoms with Crippen LogP contribution in [0.25, 0.3) is 0 Å². The first-order valence-electron chi connectivity index (χ1n) is 10.9. The molecule has 2 aromatic carbocycles. The minimum absolute atomic E-state index is 0.0476. The summed E-state index contributed by atoms with van der Waals surface area (Å²) < 4.78 is 58.2. The van der Waals surface area contributed by atoms with Crippen molar-refractivity contribution >= 4 is 17.8 Å². The molecule has 1 amide bonds. The average molecular weight is 495 g/mol. The molecule has 0 radical (unpaired) electrons. The molecule has 0 aliphatic carbocycles. The number of rotatable bonds is 6. The summed E-state index contributed by atoms with van der Waals surface area (Å²) >= 11 is 0. The highest BCUT2D eigenvalue weighted by molar-refractivity contribution is 5.99. The molecule has 2 aromatic rings. The third-order valence-corrected chi connectivity index (χ3v) is 6.19. The number of carbonyl (C=O) groups is 3. The van der Waals surface area contributed by atoms with Crippen LogP contribution < -0.4 is 0 Å². The number of ether oxygens (including phenoxy) is 1. The van der Waals surface area contributed by atoms with Gasteiger partial charge < -0.3 is 14.7 Å². The van der Waals surface area contributed by atoms with Gasteiger partial charge in [-0.1, -0.05) is 26.0 Å². The van der Waals surface area contributed by atoms with Gasteiger partial charge in [0, 0.05) is 5.56 Å². The second-order valence-corrected chi connectivity index (χ2v) is 9.02. The molecule has 188 valence electrons. The Morgan fingerprint density at radius 2 is 1.77 bits per heavy atom. The number of carbonyl (C=O) groups excluding carboxylic acids is 2. The number of likely N-dealkylation sites (tertiary alicyclic amines) is 1. The zero-order chi connectivity index (χ0) is 26.1. The number of aliphatic carboxylic acids is 1. The second kappa shape index (κ2) is 9.67. The molecule has 0 spiro atoms.